The van der Waals surface area contributed by atoms with Crippen molar-refractivity contribution in [1.82, 2.24) is 0 Å². The van der Waals surface area contributed by atoms with Crippen LogP contribution in [-0.2, 0) is 6.61 Å². The van der Waals surface area contributed by atoms with Crippen molar-refractivity contribution in [3.05, 3.63) is 89.7 Å². The highest BCUT2D eigenvalue weighted by molar-refractivity contribution is 6.01. The van der Waals surface area contributed by atoms with E-state index in [1.807, 2.05) is 54.6 Å². The van der Waals surface area contributed by atoms with E-state index >= 15 is 0 Å². The minimum absolute atomic E-state index is 0.121. The van der Waals surface area contributed by atoms with E-state index in [1.165, 1.54) is 13.0 Å². The first-order chi connectivity index (χ1) is 11.6. The third-order valence-electron chi connectivity index (χ3n) is 3.78. The summed E-state index contributed by atoms with van der Waals surface area (Å²) in [4.78, 5) is 11.7. The second kappa shape index (κ2) is 7.09. The summed E-state index contributed by atoms with van der Waals surface area (Å²) in [5.74, 6) is -0.0553. The first-order valence-corrected chi connectivity index (χ1v) is 7.72. The Kier molecular flexibility index (Phi) is 4.71. The number of ketones is 1. The smallest absolute Gasteiger partial charge is 0.163 e. The molecule has 3 rings (SSSR count). The van der Waals surface area contributed by atoms with Gasteiger partial charge in [0.15, 0.2) is 5.78 Å². The highest BCUT2D eigenvalue weighted by atomic mass is 19.1. The molecule has 0 fully saturated rings. The Morgan fingerprint density at radius 1 is 0.917 bits per heavy atom. The van der Waals surface area contributed by atoms with Gasteiger partial charge in [-0.3, -0.25) is 4.79 Å². The van der Waals surface area contributed by atoms with E-state index in [0.717, 1.165) is 16.9 Å². The van der Waals surface area contributed by atoms with Crippen molar-refractivity contribution in [2.24, 2.45) is 0 Å². The molecule has 3 aromatic rings. The van der Waals surface area contributed by atoms with Crippen molar-refractivity contribution < 1.29 is 13.9 Å². The fourth-order valence-electron chi connectivity index (χ4n) is 2.59. The van der Waals surface area contributed by atoms with Crippen LogP contribution in [0, 0.1) is 5.82 Å². The highest BCUT2D eigenvalue weighted by Gasteiger charge is 2.14. The lowest BCUT2D eigenvalue weighted by Gasteiger charge is -2.10. The van der Waals surface area contributed by atoms with Gasteiger partial charge in [-0.15, -0.1) is 0 Å². The standard InChI is InChI=1S/C21H17FO2/c1-15(23)21-19(8-5-9-20(21)22)17-10-12-18(13-11-17)24-14-16-6-3-2-4-7-16/h2-13H,14H2,1H3. The molecule has 0 atom stereocenters. The van der Waals surface area contributed by atoms with Crippen molar-refractivity contribution in [2.75, 3.05) is 0 Å². The molecular formula is C21H17FO2. The van der Waals surface area contributed by atoms with Crippen LogP contribution in [0.3, 0.4) is 0 Å². The first-order valence-electron chi connectivity index (χ1n) is 7.72. The molecule has 3 aromatic carbocycles. The second-order valence-corrected chi connectivity index (χ2v) is 5.52. The largest absolute Gasteiger partial charge is 0.489 e. The van der Waals surface area contributed by atoms with Crippen LogP contribution in [0.15, 0.2) is 72.8 Å². The molecular weight excluding hydrogens is 303 g/mol. The van der Waals surface area contributed by atoms with Gasteiger partial charge in [0.2, 0.25) is 0 Å². The van der Waals surface area contributed by atoms with Gasteiger partial charge in [0, 0.05) is 0 Å². The monoisotopic (exact) mass is 320 g/mol. The van der Waals surface area contributed by atoms with E-state index in [1.54, 1.807) is 12.1 Å². The van der Waals surface area contributed by atoms with Crippen LogP contribution in [0.2, 0.25) is 0 Å². The molecule has 2 nitrogen and oxygen atoms in total. The fourth-order valence-corrected chi connectivity index (χ4v) is 2.59. The summed E-state index contributed by atoms with van der Waals surface area (Å²) < 4.78 is 19.7. The molecule has 0 aliphatic rings. The Balaban J connectivity index is 1.80. The molecule has 0 N–H and O–H groups in total. The minimum atomic E-state index is -0.496. The van der Waals surface area contributed by atoms with E-state index in [-0.39, 0.29) is 11.3 Å². The number of hydrogen-bond donors (Lipinski definition) is 0. The SMILES string of the molecule is CC(=O)c1c(F)cccc1-c1ccc(OCc2ccccc2)cc1. The number of Topliss-reactive ketones (excluding diaryl/α,β-unsaturated/α-hetero) is 1. The van der Waals surface area contributed by atoms with Gasteiger partial charge in [-0.1, -0.05) is 54.6 Å². The summed E-state index contributed by atoms with van der Waals surface area (Å²) in [6.07, 6.45) is 0. The van der Waals surface area contributed by atoms with Gasteiger partial charge in [-0.05, 0) is 41.8 Å². The first kappa shape index (κ1) is 15.9. The van der Waals surface area contributed by atoms with Crippen molar-refractivity contribution in [1.29, 1.82) is 0 Å². The third-order valence-corrected chi connectivity index (χ3v) is 3.78. The zero-order chi connectivity index (χ0) is 16.9. The van der Waals surface area contributed by atoms with E-state index < -0.39 is 5.82 Å². The van der Waals surface area contributed by atoms with Crippen LogP contribution in [0.1, 0.15) is 22.8 Å². The van der Waals surface area contributed by atoms with Crippen LogP contribution < -0.4 is 4.74 Å². The number of ether oxygens (including phenoxy) is 1. The third kappa shape index (κ3) is 3.51. The lowest BCUT2D eigenvalue weighted by molar-refractivity contribution is 0.101. The molecule has 0 aliphatic heterocycles. The van der Waals surface area contributed by atoms with Crippen LogP contribution in [-0.4, -0.2) is 5.78 Å². The molecule has 0 amide bonds. The number of carbonyl (C=O) groups excluding carboxylic acids is 1. The lowest BCUT2D eigenvalue weighted by atomic mass is 9.97. The maximum atomic E-state index is 13.9. The van der Waals surface area contributed by atoms with Crippen LogP contribution in [0.25, 0.3) is 11.1 Å². The molecule has 24 heavy (non-hydrogen) atoms. The van der Waals surface area contributed by atoms with Crippen LogP contribution in [0.4, 0.5) is 4.39 Å². The predicted molar refractivity (Wildman–Crippen MR) is 92.6 cm³/mol. The average molecular weight is 320 g/mol. The normalized spacial score (nSPS) is 10.4. The summed E-state index contributed by atoms with van der Waals surface area (Å²) >= 11 is 0. The van der Waals surface area contributed by atoms with Gasteiger partial charge in [-0.25, -0.2) is 4.39 Å². The number of halogens is 1. The maximum absolute atomic E-state index is 13.9. The number of rotatable bonds is 5. The van der Waals surface area contributed by atoms with Gasteiger partial charge >= 0.3 is 0 Å². The lowest BCUT2D eigenvalue weighted by Crippen LogP contribution is -2.00. The molecule has 0 spiro atoms. The summed E-state index contributed by atoms with van der Waals surface area (Å²) in [7, 11) is 0. The maximum Gasteiger partial charge on any atom is 0.163 e. The average Bonchev–Trinajstić information content (AvgIpc) is 2.61. The minimum Gasteiger partial charge on any atom is -0.489 e. The Morgan fingerprint density at radius 2 is 1.62 bits per heavy atom. The predicted octanol–water partition coefficient (Wildman–Crippen LogP) is 5.27. The van der Waals surface area contributed by atoms with Crippen molar-refractivity contribution in [3.8, 4) is 16.9 Å². The molecule has 0 heterocycles. The number of hydrogen-bond acceptors (Lipinski definition) is 2. The van der Waals surface area contributed by atoms with Crippen molar-refractivity contribution in [3.63, 3.8) is 0 Å². The van der Waals surface area contributed by atoms with Crippen LogP contribution >= 0.6 is 0 Å². The molecule has 0 unspecified atom stereocenters. The molecule has 0 aromatic heterocycles. The van der Waals surface area contributed by atoms with E-state index in [4.69, 9.17) is 4.74 Å². The van der Waals surface area contributed by atoms with Gasteiger partial charge in [0.1, 0.15) is 18.2 Å². The Labute approximate surface area is 140 Å². The zero-order valence-electron chi connectivity index (χ0n) is 13.3. The molecule has 3 heteroatoms. The molecule has 0 radical (unpaired) electrons. The Bertz CT molecular complexity index is 839. The van der Waals surface area contributed by atoms with Crippen LogP contribution in [0.5, 0.6) is 5.75 Å². The highest BCUT2D eigenvalue weighted by Crippen LogP contribution is 2.28. The zero-order valence-corrected chi connectivity index (χ0v) is 13.3. The molecule has 0 saturated heterocycles. The number of benzene rings is 3. The molecule has 0 saturated carbocycles. The summed E-state index contributed by atoms with van der Waals surface area (Å²) in [5, 5.41) is 0. The second-order valence-electron chi connectivity index (χ2n) is 5.52. The quantitative estimate of drug-likeness (QED) is 0.598. The van der Waals surface area contributed by atoms with Gasteiger partial charge in [0.25, 0.3) is 0 Å². The Hall–Kier alpha value is -2.94. The molecule has 120 valence electrons. The van der Waals surface area contributed by atoms with Gasteiger partial charge < -0.3 is 4.74 Å². The van der Waals surface area contributed by atoms with Crippen molar-refractivity contribution >= 4 is 5.78 Å². The summed E-state index contributed by atoms with van der Waals surface area (Å²) in [6, 6.07) is 21.9. The van der Waals surface area contributed by atoms with E-state index in [2.05, 4.69) is 0 Å². The van der Waals surface area contributed by atoms with Crippen molar-refractivity contribution in [2.45, 2.75) is 13.5 Å². The Morgan fingerprint density at radius 3 is 2.29 bits per heavy atom. The van der Waals surface area contributed by atoms with Gasteiger partial charge in [-0.2, -0.15) is 0 Å². The van der Waals surface area contributed by atoms with E-state index in [0.29, 0.717) is 12.2 Å². The topological polar surface area (TPSA) is 26.3 Å². The molecule has 0 bridgehead atoms. The fraction of sp³-hybridized carbons (Fsp3) is 0.0952. The number of carbonyl (C=O) groups is 1. The van der Waals surface area contributed by atoms with Gasteiger partial charge in [0.05, 0.1) is 5.56 Å². The molecule has 0 aliphatic carbocycles. The summed E-state index contributed by atoms with van der Waals surface area (Å²) in [5.41, 5.74) is 2.59. The van der Waals surface area contributed by atoms with E-state index in [9.17, 15) is 9.18 Å². The summed E-state index contributed by atoms with van der Waals surface area (Å²) in [6.45, 7) is 1.86.